The maximum Gasteiger partial charge on any atom is 0.276 e. The maximum absolute atomic E-state index is 13.4. The van der Waals surface area contributed by atoms with Gasteiger partial charge in [0.25, 0.3) is 5.91 Å². The Hall–Kier alpha value is -3.81. The number of benzene rings is 2. The van der Waals surface area contributed by atoms with Gasteiger partial charge >= 0.3 is 0 Å². The van der Waals surface area contributed by atoms with E-state index < -0.39 is 11.3 Å². The third-order valence-corrected chi connectivity index (χ3v) is 5.66. The summed E-state index contributed by atoms with van der Waals surface area (Å²) in [5.74, 6) is -1.34. The standard InChI is InChI=1S/C23H21FN4O3/c1-2-23(12-10-20(29)26-22(23)31)15-6-8-17(9-7-15)25-21(30)19-11-13-28(27-19)18-5-3-4-16(24)14-18/h3-9,11,13-14H,2,10,12H2,1H3,(H,25,30)(H,26,29,31). The summed E-state index contributed by atoms with van der Waals surface area (Å²) in [6.07, 6.45) is 2.90. The zero-order valence-corrected chi connectivity index (χ0v) is 16.9. The van der Waals surface area contributed by atoms with Crippen LogP contribution in [0, 0.1) is 5.82 Å². The number of halogens is 1. The summed E-state index contributed by atoms with van der Waals surface area (Å²) in [6.45, 7) is 1.92. The van der Waals surface area contributed by atoms with Crippen LogP contribution in [0.5, 0.6) is 0 Å². The Morgan fingerprint density at radius 3 is 2.65 bits per heavy atom. The predicted molar refractivity (Wildman–Crippen MR) is 112 cm³/mol. The van der Waals surface area contributed by atoms with E-state index in [1.54, 1.807) is 48.7 Å². The third-order valence-electron chi connectivity index (χ3n) is 5.66. The smallest absolute Gasteiger partial charge is 0.276 e. The summed E-state index contributed by atoms with van der Waals surface area (Å²) in [4.78, 5) is 36.6. The molecule has 31 heavy (non-hydrogen) atoms. The molecule has 2 heterocycles. The molecule has 1 fully saturated rings. The van der Waals surface area contributed by atoms with Gasteiger partial charge in [-0.25, -0.2) is 9.07 Å². The molecule has 0 bridgehead atoms. The van der Waals surface area contributed by atoms with Crippen molar-refractivity contribution < 1.29 is 18.8 Å². The first-order chi connectivity index (χ1) is 14.9. The van der Waals surface area contributed by atoms with Gasteiger partial charge in [0, 0.05) is 18.3 Å². The highest BCUT2D eigenvalue weighted by molar-refractivity contribution is 6.04. The lowest BCUT2D eigenvalue weighted by molar-refractivity contribution is -0.138. The van der Waals surface area contributed by atoms with Crippen LogP contribution in [-0.2, 0) is 15.0 Å². The molecular weight excluding hydrogens is 399 g/mol. The van der Waals surface area contributed by atoms with Crippen molar-refractivity contribution in [1.82, 2.24) is 15.1 Å². The van der Waals surface area contributed by atoms with Gasteiger partial charge in [0.05, 0.1) is 11.1 Å². The number of amides is 3. The van der Waals surface area contributed by atoms with E-state index in [-0.39, 0.29) is 23.3 Å². The summed E-state index contributed by atoms with van der Waals surface area (Å²) in [6, 6.07) is 14.5. The molecule has 2 N–H and O–H groups in total. The average molecular weight is 420 g/mol. The molecule has 0 radical (unpaired) electrons. The summed E-state index contributed by atoms with van der Waals surface area (Å²) in [5, 5.41) is 9.40. The van der Waals surface area contributed by atoms with Crippen LogP contribution in [0.15, 0.2) is 60.8 Å². The van der Waals surface area contributed by atoms with Gasteiger partial charge in [-0.05, 0) is 54.8 Å². The molecule has 0 spiro atoms. The molecule has 2 aromatic carbocycles. The minimum absolute atomic E-state index is 0.184. The van der Waals surface area contributed by atoms with Gasteiger partial charge in [-0.2, -0.15) is 5.10 Å². The van der Waals surface area contributed by atoms with E-state index in [1.807, 2.05) is 6.92 Å². The molecule has 3 amide bonds. The van der Waals surface area contributed by atoms with Crippen LogP contribution in [0.2, 0.25) is 0 Å². The van der Waals surface area contributed by atoms with Crippen LogP contribution in [0.4, 0.5) is 10.1 Å². The lowest BCUT2D eigenvalue weighted by atomic mass is 9.72. The first-order valence-corrected chi connectivity index (χ1v) is 9.99. The van der Waals surface area contributed by atoms with Crippen LogP contribution < -0.4 is 10.6 Å². The van der Waals surface area contributed by atoms with Gasteiger partial charge in [-0.1, -0.05) is 25.1 Å². The Morgan fingerprint density at radius 2 is 1.97 bits per heavy atom. The van der Waals surface area contributed by atoms with Crippen molar-refractivity contribution in [1.29, 1.82) is 0 Å². The van der Waals surface area contributed by atoms with E-state index in [9.17, 15) is 18.8 Å². The molecule has 158 valence electrons. The van der Waals surface area contributed by atoms with Crippen LogP contribution in [-0.4, -0.2) is 27.5 Å². The highest BCUT2D eigenvalue weighted by Gasteiger charge is 2.42. The van der Waals surface area contributed by atoms with Gasteiger partial charge in [0.2, 0.25) is 11.8 Å². The molecule has 4 rings (SSSR count). The second-order valence-corrected chi connectivity index (χ2v) is 7.47. The number of hydrogen-bond donors (Lipinski definition) is 2. The van der Waals surface area contributed by atoms with E-state index in [0.29, 0.717) is 30.6 Å². The van der Waals surface area contributed by atoms with Crippen molar-refractivity contribution in [2.45, 2.75) is 31.6 Å². The number of rotatable bonds is 5. The number of anilines is 1. The molecule has 3 aromatic rings. The van der Waals surface area contributed by atoms with E-state index in [4.69, 9.17) is 0 Å². The quantitative estimate of drug-likeness (QED) is 0.619. The fraction of sp³-hybridized carbons (Fsp3) is 0.217. The molecule has 7 nitrogen and oxygen atoms in total. The van der Waals surface area contributed by atoms with Gasteiger partial charge in [-0.3, -0.25) is 19.7 Å². The Kier molecular flexibility index (Phi) is 5.37. The Balaban J connectivity index is 1.49. The second-order valence-electron chi connectivity index (χ2n) is 7.47. The number of carbonyl (C=O) groups excluding carboxylic acids is 3. The highest BCUT2D eigenvalue weighted by atomic mass is 19.1. The molecular formula is C23H21FN4O3. The van der Waals surface area contributed by atoms with Crippen LogP contribution in [0.3, 0.4) is 0 Å². The molecule has 1 aromatic heterocycles. The van der Waals surface area contributed by atoms with Gasteiger partial charge < -0.3 is 5.32 Å². The highest BCUT2D eigenvalue weighted by Crippen LogP contribution is 2.36. The number of nitrogens with one attached hydrogen (secondary N) is 2. The van der Waals surface area contributed by atoms with Crippen LogP contribution in [0.1, 0.15) is 42.2 Å². The molecule has 1 aliphatic rings. The first-order valence-electron chi connectivity index (χ1n) is 9.99. The zero-order valence-electron chi connectivity index (χ0n) is 16.9. The summed E-state index contributed by atoms with van der Waals surface area (Å²) < 4.78 is 14.8. The van der Waals surface area contributed by atoms with Gasteiger partial charge in [-0.15, -0.1) is 0 Å². The topological polar surface area (TPSA) is 93.1 Å². The van der Waals surface area contributed by atoms with Crippen LogP contribution in [0.25, 0.3) is 5.69 Å². The van der Waals surface area contributed by atoms with Crippen molar-refractivity contribution in [2.24, 2.45) is 0 Å². The molecule has 1 atom stereocenters. The first kappa shape index (κ1) is 20.5. The number of carbonyl (C=O) groups is 3. The van der Waals surface area contributed by atoms with E-state index in [2.05, 4.69) is 15.7 Å². The summed E-state index contributed by atoms with van der Waals surface area (Å²) in [7, 11) is 0. The van der Waals surface area contributed by atoms with Gasteiger partial charge in [0.15, 0.2) is 5.69 Å². The maximum atomic E-state index is 13.4. The number of piperidine rings is 1. The fourth-order valence-corrected chi connectivity index (χ4v) is 3.84. The molecule has 1 unspecified atom stereocenters. The second kappa shape index (κ2) is 8.14. The summed E-state index contributed by atoms with van der Waals surface area (Å²) >= 11 is 0. The molecule has 1 saturated heterocycles. The zero-order chi connectivity index (χ0) is 22.0. The Morgan fingerprint density at radius 1 is 1.19 bits per heavy atom. The predicted octanol–water partition coefficient (Wildman–Crippen LogP) is 3.35. The number of aromatic nitrogens is 2. The lowest BCUT2D eigenvalue weighted by Crippen LogP contribution is -2.51. The van der Waals surface area contributed by atoms with Gasteiger partial charge in [0.1, 0.15) is 5.82 Å². The lowest BCUT2D eigenvalue weighted by Gasteiger charge is -2.35. The molecule has 0 aliphatic carbocycles. The summed E-state index contributed by atoms with van der Waals surface area (Å²) in [5.41, 5.74) is 1.29. The van der Waals surface area contributed by atoms with Crippen LogP contribution >= 0.6 is 0 Å². The van der Waals surface area contributed by atoms with Crippen molar-refractivity contribution in [3.05, 3.63) is 77.9 Å². The third kappa shape index (κ3) is 3.96. The largest absolute Gasteiger partial charge is 0.321 e. The average Bonchev–Trinajstić information content (AvgIpc) is 3.26. The van der Waals surface area contributed by atoms with E-state index in [1.165, 1.54) is 16.8 Å². The monoisotopic (exact) mass is 420 g/mol. The van der Waals surface area contributed by atoms with Crippen molar-refractivity contribution in [3.63, 3.8) is 0 Å². The Labute approximate surface area is 178 Å². The number of hydrogen-bond acceptors (Lipinski definition) is 4. The SMILES string of the molecule is CCC1(c2ccc(NC(=O)c3ccn(-c4cccc(F)c4)n3)cc2)CCC(=O)NC1=O. The molecule has 1 aliphatic heterocycles. The number of imide groups is 1. The van der Waals surface area contributed by atoms with E-state index in [0.717, 1.165) is 5.56 Å². The number of nitrogens with zero attached hydrogens (tertiary/aromatic N) is 2. The molecule has 8 heteroatoms. The minimum Gasteiger partial charge on any atom is -0.321 e. The van der Waals surface area contributed by atoms with Crippen molar-refractivity contribution in [2.75, 3.05) is 5.32 Å². The van der Waals surface area contributed by atoms with Crippen molar-refractivity contribution in [3.8, 4) is 5.69 Å². The van der Waals surface area contributed by atoms with E-state index >= 15 is 0 Å². The fourth-order valence-electron chi connectivity index (χ4n) is 3.84. The normalized spacial score (nSPS) is 18.5. The minimum atomic E-state index is -0.750. The Bertz CT molecular complexity index is 1160. The molecule has 0 saturated carbocycles. The van der Waals surface area contributed by atoms with Crippen molar-refractivity contribution >= 4 is 23.4 Å².